The number of likely N-dealkylation sites (tertiary alicyclic amines) is 1. The molecule has 0 aliphatic carbocycles. The van der Waals surface area contributed by atoms with E-state index in [1.54, 1.807) is 0 Å². The van der Waals surface area contributed by atoms with Crippen molar-refractivity contribution >= 4 is 0 Å². The number of hydrogen-bond donors (Lipinski definition) is 1. The van der Waals surface area contributed by atoms with Gasteiger partial charge in [0.15, 0.2) is 0 Å². The van der Waals surface area contributed by atoms with Gasteiger partial charge in [-0.25, -0.2) is 0 Å². The lowest BCUT2D eigenvalue weighted by molar-refractivity contribution is 0.115. The standard InChI is InChI=1S/C8H16N4O/c1-7-3-2-4-12(7)6-8(13)5-10-11-9/h7-8,13H,2-6H2,1H3/t7?,8-/m1/s1. The molecule has 1 aliphatic heterocycles. The number of β-amino-alcohol motifs (C(OH)–C–C–N with tert-alkyl or cyclic N) is 1. The van der Waals surface area contributed by atoms with Crippen LogP contribution in [0.4, 0.5) is 0 Å². The van der Waals surface area contributed by atoms with E-state index in [2.05, 4.69) is 21.8 Å². The fraction of sp³-hybridized carbons (Fsp3) is 1.00. The lowest BCUT2D eigenvalue weighted by Gasteiger charge is -2.23. The van der Waals surface area contributed by atoms with Gasteiger partial charge in [0, 0.05) is 17.5 Å². The molecule has 0 radical (unpaired) electrons. The van der Waals surface area contributed by atoms with Crippen molar-refractivity contribution in [3.63, 3.8) is 0 Å². The van der Waals surface area contributed by atoms with Gasteiger partial charge in [0.2, 0.25) is 0 Å². The summed E-state index contributed by atoms with van der Waals surface area (Å²) < 4.78 is 0. The highest BCUT2D eigenvalue weighted by Gasteiger charge is 2.21. The Bertz CT molecular complexity index is 202. The van der Waals surface area contributed by atoms with Crippen LogP contribution in [0.15, 0.2) is 5.11 Å². The van der Waals surface area contributed by atoms with Gasteiger partial charge in [-0.05, 0) is 31.8 Å². The average Bonchev–Trinajstić information content (AvgIpc) is 2.48. The number of nitrogens with zero attached hydrogens (tertiary/aromatic N) is 4. The van der Waals surface area contributed by atoms with Crippen molar-refractivity contribution in [2.75, 3.05) is 19.6 Å². The fourth-order valence-electron chi connectivity index (χ4n) is 1.72. The molecule has 1 unspecified atom stereocenters. The summed E-state index contributed by atoms with van der Waals surface area (Å²) in [5.41, 5.74) is 8.06. The third-order valence-corrected chi connectivity index (χ3v) is 2.49. The first-order valence-corrected chi connectivity index (χ1v) is 4.67. The van der Waals surface area contributed by atoms with E-state index in [1.165, 1.54) is 12.8 Å². The van der Waals surface area contributed by atoms with Crippen molar-refractivity contribution in [2.24, 2.45) is 5.11 Å². The highest BCUT2D eigenvalue weighted by atomic mass is 16.3. The van der Waals surface area contributed by atoms with Gasteiger partial charge >= 0.3 is 0 Å². The van der Waals surface area contributed by atoms with Crippen LogP contribution in [-0.4, -0.2) is 41.8 Å². The number of aliphatic hydroxyl groups is 1. The van der Waals surface area contributed by atoms with E-state index in [0.717, 1.165) is 6.54 Å². The lowest BCUT2D eigenvalue weighted by Crippen LogP contribution is -2.35. The number of azide groups is 1. The molecule has 5 heteroatoms. The minimum atomic E-state index is -0.517. The molecule has 1 fully saturated rings. The molecule has 0 aromatic rings. The van der Waals surface area contributed by atoms with Crippen LogP contribution in [0.2, 0.25) is 0 Å². The SMILES string of the molecule is CC1CCCN1C[C@H](O)CN=[N+]=[N-]. The molecule has 2 atom stereocenters. The third kappa shape index (κ3) is 3.22. The Kier molecular flexibility index (Phi) is 4.02. The number of aliphatic hydroxyl groups excluding tert-OH is 1. The Labute approximate surface area is 78.0 Å². The van der Waals surface area contributed by atoms with Crippen molar-refractivity contribution in [2.45, 2.75) is 31.9 Å². The summed E-state index contributed by atoms with van der Waals surface area (Å²) in [7, 11) is 0. The molecule has 0 amide bonds. The molecular formula is C8H16N4O. The first kappa shape index (κ1) is 10.3. The second-order valence-corrected chi connectivity index (χ2v) is 3.55. The van der Waals surface area contributed by atoms with Gasteiger partial charge in [-0.15, -0.1) is 0 Å². The Morgan fingerprint density at radius 3 is 3.08 bits per heavy atom. The van der Waals surface area contributed by atoms with Crippen LogP contribution in [0.1, 0.15) is 19.8 Å². The number of rotatable bonds is 4. The van der Waals surface area contributed by atoms with Crippen molar-refractivity contribution < 1.29 is 5.11 Å². The molecule has 1 saturated heterocycles. The van der Waals surface area contributed by atoms with Crippen LogP contribution in [0.25, 0.3) is 10.4 Å². The predicted octanol–water partition coefficient (Wildman–Crippen LogP) is 1.14. The van der Waals surface area contributed by atoms with Gasteiger partial charge in [0.05, 0.1) is 12.6 Å². The Morgan fingerprint density at radius 1 is 1.77 bits per heavy atom. The summed E-state index contributed by atoms with van der Waals surface area (Å²) in [5.74, 6) is 0. The largest absolute Gasteiger partial charge is 0.392 e. The minimum Gasteiger partial charge on any atom is -0.392 e. The van der Waals surface area contributed by atoms with E-state index in [9.17, 15) is 5.11 Å². The topological polar surface area (TPSA) is 72.2 Å². The molecule has 1 heterocycles. The third-order valence-electron chi connectivity index (χ3n) is 2.49. The van der Waals surface area contributed by atoms with Gasteiger partial charge in [0.1, 0.15) is 0 Å². The van der Waals surface area contributed by atoms with Gasteiger partial charge in [0.25, 0.3) is 0 Å². The normalized spacial score (nSPS) is 25.5. The summed E-state index contributed by atoms with van der Waals surface area (Å²) in [4.78, 5) is 4.85. The molecular weight excluding hydrogens is 168 g/mol. The maximum atomic E-state index is 9.45. The summed E-state index contributed by atoms with van der Waals surface area (Å²) >= 11 is 0. The van der Waals surface area contributed by atoms with Crippen molar-refractivity contribution in [3.05, 3.63) is 10.4 Å². The van der Waals surface area contributed by atoms with E-state index < -0.39 is 6.10 Å². The van der Waals surface area contributed by atoms with E-state index in [0.29, 0.717) is 12.6 Å². The molecule has 0 aromatic carbocycles. The molecule has 0 aromatic heterocycles. The molecule has 1 N–H and O–H groups in total. The van der Waals surface area contributed by atoms with E-state index >= 15 is 0 Å². The molecule has 5 nitrogen and oxygen atoms in total. The quantitative estimate of drug-likeness (QED) is 0.404. The van der Waals surface area contributed by atoms with Crippen LogP contribution < -0.4 is 0 Å². The van der Waals surface area contributed by atoms with Crippen LogP contribution in [0.3, 0.4) is 0 Å². The smallest absolute Gasteiger partial charge is 0.0723 e. The molecule has 1 rings (SSSR count). The van der Waals surface area contributed by atoms with Crippen LogP contribution >= 0.6 is 0 Å². The van der Waals surface area contributed by atoms with Crippen molar-refractivity contribution in [3.8, 4) is 0 Å². The second-order valence-electron chi connectivity index (χ2n) is 3.55. The summed E-state index contributed by atoms with van der Waals surface area (Å²) in [6, 6.07) is 0.556. The maximum Gasteiger partial charge on any atom is 0.0723 e. The molecule has 0 bridgehead atoms. The van der Waals surface area contributed by atoms with E-state index in [4.69, 9.17) is 5.53 Å². The highest BCUT2D eigenvalue weighted by molar-refractivity contribution is 4.78. The van der Waals surface area contributed by atoms with Gasteiger partial charge in [-0.1, -0.05) is 5.11 Å². The first-order chi connectivity index (χ1) is 6.24. The highest BCUT2D eigenvalue weighted by Crippen LogP contribution is 2.16. The average molecular weight is 184 g/mol. The summed E-state index contributed by atoms with van der Waals surface area (Å²) in [6.07, 6.45) is 1.89. The summed E-state index contributed by atoms with van der Waals surface area (Å²) in [6.45, 7) is 4.02. The van der Waals surface area contributed by atoms with E-state index in [1.807, 2.05) is 0 Å². The zero-order valence-electron chi connectivity index (χ0n) is 7.93. The Balaban J connectivity index is 2.26. The van der Waals surface area contributed by atoms with Crippen LogP contribution in [-0.2, 0) is 0 Å². The fourth-order valence-corrected chi connectivity index (χ4v) is 1.72. The second kappa shape index (κ2) is 5.07. The zero-order valence-corrected chi connectivity index (χ0v) is 7.93. The minimum absolute atomic E-state index is 0.180. The number of hydrogen-bond acceptors (Lipinski definition) is 3. The summed E-state index contributed by atoms with van der Waals surface area (Å²) in [5, 5.41) is 12.8. The van der Waals surface area contributed by atoms with Gasteiger partial charge in [-0.3, -0.25) is 4.90 Å². The van der Waals surface area contributed by atoms with Crippen molar-refractivity contribution in [1.29, 1.82) is 0 Å². The van der Waals surface area contributed by atoms with E-state index in [-0.39, 0.29) is 6.54 Å². The first-order valence-electron chi connectivity index (χ1n) is 4.67. The molecule has 13 heavy (non-hydrogen) atoms. The van der Waals surface area contributed by atoms with Crippen LogP contribution in [0, 0.1) is 0 Å². The van der Waals surface area contributed by atoms with Crippen LogP contribution in [0.5, 0.6) is 0 Å². The zero-order chi connectivity index (χ0) is 9.68. The Morgan fingerprint density at radius 2 is 2.54 bits per heavy atom. The van der Waals surface area contributed by atoms with Gasteiger partial charge in [-0.2, -0.15) is 0 Å². The predicted molar refractivity (Wildman–Crippen MR) is 50.3 cm³/mol. The monoisotopic (exact) mass is 184 g/mol. The van der Waals surface area contributed by atoms with Gasteiger partial charge < -0.3 is 5.11 Å². The maximum absolute atomic E-state index is 9.45. The molecule has 74 valence electrons. The molecule has 0 spiro atoms. The Hall–Kier alpha value is -0.770. The molecule has 0 saturated carbocycles. The van der Waals surface area contributed by atoms with Crippen molar-refractivity contribution in [1.82, 2.24) is 4.90 Å². The lowest BCUT2D eigenvalue weighted by atomic mass is 10.2. The molecule has 1 aliphatic rings.